The van der Waals surface area contributed by atoms with Crippen molar-refractivity contribution in [1.29, 1.82) is 0 Å². The van der Waals surface area contributed by atoms with E-state index in [-0.39, 0.29) is 5.02 Å². The van der Waals surface area contributed by atoms with E-state index in [0.717, 1.165) is 18.6 Å². The Morgan fingerprint density at radius 1 is 1.20 bits per heavy atom. The standard InChI is InChI=1S/C16H14ClFO2/c17-15-9-11(18)4-7-14(15)16(19)10-2-1-3-13(8-10)20-12-5-6-12/h1-4,7-9,12,16,19H,5-6H2. The van der Waals surface area contributed by atoms with E-state index in [1.54, 1.807) is 12.1 Å². The number of ether oxygens (including phenoxy) is 1. The Hall–Kier alpha value is -1.58. The van der Waals surface area contributed by atoms with Crippen LogP contribution in [0.4, 0.5) is 4.39 Å². The van der Waals surface area contributed by atoms with E-state index < -0.39 is 11.9 Å². The van der Waals surface area contributed by atoms with Crippen molar-refractivity contribution in [3.05, 3.63) is 64.4 Å². The highest BCUT2D eigenvalue weighted by atomic mass is 35.5. The normalized spacial score (nSPS) is 15.9. The second kappa shape index (κ2) is 5.43. The van der Waals surface area contributed by atoms with Crippen LogP contribution in [-0.2, 0) is 0 Å². The zero-order chi connectivity index (χ0) is 14.1. The summed E-state index contributed by atoms with van der Waals surface area (Å²) in [7, 11) is 0. The molecule has 1 saturated carbocycles. The van der Waals surface area contributed by atoms with Gasteiger partial charge < -0.3 is 9.84 Å². The fourth-order valence-corrected chi connectivity index (χ4v) is 2.31. The van der Waals surface area contributed by atoms with E-state index >= 15 is 0 Å². The van der Waals surface area contributed by atoms with Gasteiger partial charge in [0.1, 0.15) is 17.7 Å². The molecule has 0 aliphatic heterocycles. The predicted octanol–water partition coefficient (Wildman–Crippen LogP) is 4.10. The molecule has 3 rings (SSSR count). The molecule has 2 nitrogen and oxygen atoms in total. The molecule has 0 heterocycles. The van der Waals surface area contributed by atoms with Crippen LogP contribution in [0.25, 0.3) is 0 Å². The van der Waals surface area contributed by atoms with Gasteiger partial charge in [-0.3, -0.25) is 0 Å². The summed E-state index contributed by atoms with van der Waals surface area (Å²) >= 11 is 5.98. The second-order valence-corrected chi connectivity index (χ2v) is 5.37. The van der Waals surface area contributed by atoms with Gasteiger partial charge in [0, 0.05) is 10.6 Å². The predicted molar refractivity (Wildman–Crippen MR) is 75.6 cm³/mol. The van der Waals surface area contributed by atoms with Crippen LogP contribution < -0.4 is 4.74 Å². The fraction of sp³-hybridized carbons (Fsp3) is 0.250. The fourth-order valence-electron chi connectivity index (χ4n) is 2.04. The van der Waals surface area contributed by atoms with Gasteiger partial charge in [-0.2, -0.15) is 0 Å². The molecule has 1 aliphatic carbocycles. The van der Waals surface area contributed by atoms with Crippen molar-refractivity contribution in [3.63, 3.8) is 0 Å². The zero-order valence-electron chi connectivity index (χ0n) is 10.7. The minimum absolute atomic E-state index is 0.214. The Morgan fingerprint density at radius 2 is 2.00 bits per heavy atom. The van der Waals surface area contributed by atoms with Crippen LogP contribution in [0.3, 0.4) is 0 Å². The van der Waals surface area contributed by atoms with Gasteiger partial charge in [0.15, 0.2) is 0 Å². The summed E-state index contributed by atoms with van der Waals surface area (Å²) in [6.45, 7) is 0. The average molecular weight is 293 g/mol. The van der Waals surface area contributed by atoms with Gasteiger partial charge in [-0.15, -0.1) is 0 Å². The first-order valence-electron chi connectivity index (χ1n) is 6.53. The Morgan fingerprint density at radius 3 is 2.70 bits per heavy atom. The molecule has 0 aromatic heterocycles. The Balaban J connectivity index is 1.86. The van der Waals surface area contributed by atoms with Gasteiger partial charge in [0.25, 0.3) is 0 Å². The third-order valence-electron chi connectivity index (χ3n) is 3.26. The Labute approximate surface area is 121 Å². The minimum Gasteiger partial charge on any atom is -0.490 e. The van der Waals surface area contributed by atoms with E-state index in [1.807, 2.05) is 12.1 Å². The maximum atomic E-state index is 13.0. The van der Waals surface area contributed by atoms with Crippen LogP contribution in [0.1, 0.15) is 30.1 Å². The number of hydrogen-bond acceptors (Lipinski definition) is 2. The van der Waals surface area contributed by atoms with Crippen molar-refractivity contribution in [2.75, 3.05) is 0 Å². The van der Waals surface area contributed by atoms with Crippen LogP contribution in [0, 0.1) is 5.82 Å². The molecule has 104 valence electrons. The van der Waals surface area contributed by atoms with E-state index in [2.05, 4.69) is 0 Å². The monoisotopic (exact) mass is 292 g/mol. The molecule has 1 atom stereocenters. The molecule has 2 aromatic rings. The van der Waals surface area contributed by atoms with Gasteiger partial charge in [0.05, 0.1) is 6.10 Å². The molecule has 2 aromatic carbocycles. The SMILES string of the molecule is OC(c1cccc(OC2CC2)c1)c1ccc(F)cc1Cl. The number of aliphatic hydroxyl groups is 1. The highest BCUT2D eigenvalue weighted by Crippen LogP contribution is 2.32. The topological polar surface area (TPSA) is 29.5 Å². The van der Waals surface area contributed by atoms with E-state index in [9.17, 15) is 9.50 Å². The summed E-state index contributed by atoms with van der Waals surface area (Å²) in [6, 6.07) is 11.3. The van der Waals surface area contributed by atoms with Crippen LogP contribution in [-0.4, -0.2) is 11.2 Å². The summed E-state index contributed by atoms with van der Waals surface area (Å²) in [6.07, 6.45) is 1.57. The second-order valence-electron chi connectivity index (χ2n) is 4.96. The maximum absolute atomic E-state index is 13.0. The molecule has 1 aliphatic rings. The molecule has 0 amide bonds. The molecule has 0 saturated heterocycles. The van der Waals surface area contributed by atoms with Crippen molar-refractivity contribution >= 4 is 11.6 Å². The first-order valence-corrected chi connectivity index (χ1v) is 6.91. The van der Waals surface area contributed by atoms with Crippen LogP contribution in [0.2, 0.25) is 5.02 Å². The van der Waals surface area contributed by atoms with Gasteiger partial charge in [-0.05, 0) is 42.7 Å². The minimum atomic E-state index is -0.897. The van der Waals surface area contributed by atoms with Crippen molar-refractivity contribution in [1.82, 2.24) is 0 Å². The summed E-state index contributed by atoms with van der Waals surface area (Å²) in [5.74, 6) is 0.319. The van der Waals surface area contributed by atoms with Crippen LogP contribution >= 0.6 is 11.6 Å². The van der Waals surface area contributed by atoms with Gasteiger partial charge in [0.2, 0.25) is 0 Å². The summed E-state index contributed by atoms with van der Waals surface area (Å²) in [5.41, 5.74) is 1.16. The first-order chi connectivity index (χ1) is 9.63. The lowest BCUT2D eigenvalue weighted by Gasteiger charge is -2.14. The van der Waals surface area contributed by atoms with E-state index in [0.29, 0.717) is 17.2 Å². The van der Waals surface area contributed by atoms with Gasteiger partial charge >= 0.3 is 0 Å². The number of hydrogen-bond donors (Lipinski definition) is 1. The van der Waals surface area contributed by atoms with Crippen molar-refractivity contribution in [2.45, 2.75) is 25.0 Å². The maximum Gasteiger partial charge on any atom is 0.124 e. The van der Waals surface area contributed by atoms with Crippen LogP contribution in [0.15, 0.2) is 42.5 Å². The number of halogens is 2. The smallest absolute Gasteiger partial charge is 0.124 e. The van der Waals surface area contributed by atoms with Crippen LogP contribution in [0.5, 0.6) is 5.75 Å². The molecule has 4 heteroatoms. The number of benzene rings is 2. The van der Waals surface area contributed by atoms with E-state index in [4.69, 9.17) is 16.3 Å². The largest absolute Gasteiger partial charge is 0.490 e. The lowest BCUT2D eigenvalue weighted by molar-refractivity contribution is 0.219. The molecular formula is C16H14ClFO2. The summed E-state index contributed by atoms with van der Waals surface area (Å²) < 4.78 is 18.7. The first kappa shape index (κ1) is 13.4. The van der Waals surface area contributed by atoms with Crippen molar-refractivity contribution in [2.24, 2.45) is 0 Å². The average Bonchev–Trinajstić information content (AvgIpc) is 3.22. The summed E-state index contributed by atoms with van der Waals surface area (Å²) in [4.78, 5) is 0. The molecule has 0 bridgehead atoms. The third-order valence-corrected chi connectivity index (χ3v) is 3.59. The van der Waals surface area contributed by atoms with Crippen molar-refractivity contribution < 1.29 is 14.2 Å². The lowest BCUT2D eigenvalue weighted by atomic mass is 10.0. The molecule has 1 N–H and O–H groups in total. The number of rotatable bonds is 4. The molecule has 1 unspecified atom stereocenters. The van der Waals surface area contributed by atoms with E-state index in [1.165, 1.54) is 18.2 Å². The zero-order valence-corrected chi connectivity index (χ0v) is 11.5. The third kappa shape index (κ3) is 2.94. The highest BCUT2D eigenvalue weighted by Gasteiger charge is 2.24. The quantitative estimate of drug-likeness (QED) is 0.919. The molecular weight excluding hydrogens is 279 g/mol. The highest BCUT2D eigenvalue weighted by molar-refractivity contribution is 6.31. The molecule has 20 heavy (non-hydrogen) atoms. The Kier molecular flexibility index (Phi) is 3.64. The molecule has 1 fully saturated rings. The van der Waals surface area contributed by atoms with Gasteiger partial charge in [-0.1, -0.05) is 29.8 Å². The van der Waals surface area contributed by atoms with Crippen molar-refractivity contribution in [3.8, 4) is 5.75 Å². The van der Waals surface area contributed by atoms with Gasteiger partial charge in [-0.25, -0.2) is 4.39 Å². The Bertz CT molecular complexity index is 626. The number of aliphatic hydroxyl groups excluding tert-OH is 1. The molecule has 0 radical (unpaired) electrons. The molecule has 0 spiro atoms. The summed E-state index contributed by atoms with van der Waals surface area (Å²) in [5, 5.41) is 10.6. The lowest BCUT2D eigenvalue weighted by Crippen LogP contribution is -2.02.